The first-order valence-corrected chi connectivity index (χ1v) is 4.92. The maximum atomic E-state index is 10.7. The minimum absolute atomic E-state index is 0.0497. The van der Waals surface area contributed by atoms with Gasteiger partial charge in [-0.25, -0.2) is 4.98 Å². The number of azide groups is 1. The minimum Gasteiger partial charge on any atom is -0.390 e. The summed E-state index contributed by atoms with van der Waals surface area (Å²) in [4.78, 5) is 15.8. The first-order valence-electron chi connectivity index (χ1n) is 4.92. The molecule has 0 saturated carbocycles. The Morgan fingerprint density at radius 1 is 1.68 bits per heavy atom. The third kappa shape index (κ3) is 3.36. The van der Waals surface area contributed by atoms with E-state index in [2.05, 4.69) is 15.0 Å². The largest absolute Gasteiger partial charge is 0.390 e. The molecule has 0 aromatic carbocycles. The maximum absolute atomic E-state index is 10.7. The fourth-order valence-corrected chi connectivity index (χ4v) is 1.30. The van der Waals surface area contributed by atoms with Gasteiger partial charge in [-0.05, 0) is 5.53 Å². The second-order valence-corrected chi connectivity index (χ2v) is 3.43. The smallest absolute Gasteiger partial charge is 0.306 e. The van der Waals surface area contributed by atoms with Crippen LogP contribution in [0.4, 0.5) is 5.69 Å². The summed E-state index contributed by atoms with van der Waals surface area (Å²) in [6, 6.07) is 2.48. The van der Waals surface area contributed by atoms with Crippen LogP contribution in [0.15, 0.2) is 17.4 Å². The molecule has 0 spiro atoms. The van der Waals surface area contributed by atoms with Gasteiger partial charge in [0.05, 0.1) is 17.6 Å². The van der Waals surface area contributed by atoms with Crippen molar-refractivity contribution in [3.05, 3.63) is 44.1 Å². The topological polar surface area (TPSA) is 169 Å². The Bertz CT molecular complexity index is 577. The molecule has 0 aliphatic carbocycles. The average molecular weight is 264 g/mol. The standard InChI is InChI=1S/C9H8N6O4/c10-2-6-7(15(18)19)1-5(3-12-6)9(17)8(16)4-13-14-11/h1,3,8-9,16-17H,4H2. The highest BCUT2D eigenvalue weighted by molar-refractivity contribution is 5.45. The maximum Gasteiger partial charge on any atom is 0.306 e. The summed E-state index contributed by atoms with van der Waals surface area (Å²) >= 11 is 0. The van der Waals surface area contributed by atoms with Gasteiger partial charge in [0.2, 0.25) is 5.69 Å². The Balaban J connectivity index is 3.08. The molecule has 0 aliphatic rings. The highest BCUT2D eigenvalue weighted by Crippen LogP contribution is 2.23. The van der Waals surface area contributed by atoms with Crippen LogP contribution in [0.5, 0.6) is 0 Å². The van der Waals surface area contributed by atoms with E-state index in [9.17, 15) is 20.3 Å². The van der Waals surface area contributed by atoms with Crippen LogP contribution in [0.25, 0.3) is 10.4 Å². The van der Waals surface area contributed by atoms with Crippen molar-refractivity contribution in [1.82, 2.24) is 4.98 Å². The molecule has 10 nitrogen and oxygen atoms in total. The molecule has 0 radical (unpaired) electrons. The van der Waals surface area contributed by atoms with Crippen LogP contribution in [0.2, 0.25) is 0 Å². The average Bonchev–Trinajstić information content (AvgIpc) is 2.42. The van der Waals surface area contributed by atoms with Gasteiger partial charge in [0.1, 0.15) is 12.2 Å². The van der Waals surface area contributed by atoms with Gasteiger partial charge in [0.25, 0.3) is 0 Å². The summed E-state index contributed by atoms with van der Waals surface area (Å²) in [6.45, 7) is -0.397. The van der Waals surface area contributed by atoms with Crippen molar-refractivity contribution in [2.75, 3.05) is 6.54 Å². The number of rotatable bonds is 5. The fourth-order valence-electron chi connectivity index (χ4n) is 1.30. The van der Waals surface area contributed by atoms with E-state index in [4.69, 9.17) is 10.8 Å². The van der Waals surface area contributed by atoms with Gasteiger partial charge in [0.15, 0.2) is 0 Å². The molecule has 98 valence electrons. The molecule has 1 aromatic heterocycles. The van der Waals surface area contributed by atoms with Crippen molar-refractivity contribution in [1.29, 1.82) is 5.26 Å². The molecule has 2 N–H and O–H groups in total. The zero-order valence-corrected chi connectivity index (χ0v) is 9.41. The van der Waals surface area contributed by atoms with E-state index in [1.165, 1.54) is 0 Å². The lowest BCUT2D eigenvalue weighted by atomic mass is 10.1. The summed E-state index contributed by atoms with van der Waals surface area (Å²) in [5, 5.41) is 41.6. The molecule has 0 amide bonds. The zero-order chi connectivity index (χ0) is 14.4. The van der Waals surface area contributed by atoms with Crippen molar-refractivity contribution in [3.8, 4) is 6.07 Å². The van der Waals surface area contributed by atoms with Crippen LogP contribution < -0.4 is 0 Å². The van der Waals surface area contributed by atoms with Crippen LogP contribution in [-0.4, -0.2) is 32.8 Å². The highest BCUT2D eigenvalue weighted by Gasteiger charge is 2.23. The number of aliphatic hydroxyl groups is 2. The first kappa shape index (κ1) is 14.3. The lowest BCUT2D eigenvalue weighted by Crippen LogP contribution is -2.21. The van der Waals surface area contributed by atoms with E-state index in [0.29, 0.717) is 0 Å². The molecule has 0 fully saturated rings. The van der Waals surface area contributed by atoms with Gasteiger partial charge >= 0.3 is 5.69 Å². The number of nitro groups is 1. The quantitative estimate of drug-likeness (QED) is 0.259. The van der Waals surface area contributed by atoms with Crippen LogP contribution in [-0.2, 0) is 0 Å². The van der Waals surface area contributed by atoms with Crippen LogP contribution in [0.3, 0.4) is 0 Å². The van der Waals surface area contributed by atoms with E-state index in [1.54, 1.807) is 6.07 Å². The van der Waals surface area contributed by atoms with Crippen molar-refractivity contribution < 1.29 is 15.1 Å². The van der Waals surface area contributed by atoms with E-state index >= 15 is 0 Å². The lowest BCUT2D eigenvalue weighted by molar-refractivity contribution is -0.385. The Morgan fingerprint density at radius 3 is 2.89 bits per heavy atom. The fraction of sp³-hybridized carbons (Fsp3) is 0.333. The van der Waals surface area contributed by atoms with E-state index in [0.717, 1.165) is 12.3 Å². The summed E-state index contributed by atoms with van der Waals surface area (Å²) in [7, 11) is 0. The van der Waals surface area contributed by atoms with Gasteiger partial charge in [0, 0.05) is 22.7 Å². The van der Waals surface area contributed by atoms with Gasteiger partial charge < -0.3 is 10.2 Å². The van der Waals surface area contributed by atoms with Crippen molar-refractivity contribution >= 4 is 5.69 Å². The molecule has 1 heterocycles. The van der Waals surface area contributed by atoms with Crippen LogP contribution in [0, 0.1) is 21.4 Å². The van der Waals surface area contributed by atoms with Gasteiger partial charge in [-0.3, -0.25) is 10.1 Å². The molecular weight excluding hydrogens is 256 g/mol. The normalized spacial score (nSPS) is 12.9. The van der Waals surface area contributed by atoms with Crippen molar-refractivity contribution in [2.24, 2.45) is 5.11 Å². The second-order valence-electron chi connectivity index (χ2n) is 3.43. The second kappa shape index (κ2) is 6.27. The molecule has 19 heavy (non-hydrogen) atoms. The van der Waals surface area contributed by atoms with E-state index < -0.39 is 35.1 Å². The molecular formula is C9H8N6O4. The van der Waals surface area contributed by atoms with Crippen molar-refractivity contribution in [3.63, 3.8) is 0 Å². The lowest BCUT2D eigenvalue weighted by Gasteiger charge is -2.15. The molecule has 0 bridgehead atoms. The Morgan fingerprint density at radius 2 is 2.37 bits per heavy atom. The SMILES string of the molecule is N#Cc1ncc(C(O)C(O)CN=[N+]=[N-])cc1[N+](=O)[O-]. The van der Waals surface area contributed by atoms with Gasteiger partial charge in [-0.15, -0.1) is 0 Å². The molecule has 2 atom stereocenters. The predicted molar refractivity (Wildman–Crippen MR) is 60.6 cm³/mol. The number of nitriles is 1. The number of nitrogens with zero attached hydrogens (tertiary/aromatic N) is 6. The summed E-state index contributed by atoms with van der Waals surface area (Å²) in [5.41, 5.74) is 7.06. The molecule has 10 heteroatoms. The number of aliphatic hydroxyl groups excluding tert-OH is 2. The minimum atomic E-state index is -1.51. The molecule has 0 aliphatic heterocycles. The predicted octanol–water partition coefficient (Wildman–Crippen LogP) is 0.566. The summed E-state index contributed by atoms with van der Waals surface area (Å²) < 4.78 is 0. The zero-order valence-electron chi connectivity index (χ0n) is 9.41. The Labute approximate surface area is 106 Å². The Hall–Kier alpha value is -2.73. The number of hydrogen-bond donors (Lipinski definition) is 2. The highest BCUT2D eigenvalue weighted by atomic mass is 16.6. The Kier molecular flexibility index (Phi) is 4.73. The number of pyridine rings is 1. The van der Waals surface area contributed by atoms with Crippen molar-refractivity contribution in [2.45, 2.75) is 12.2 Å². The van der Waals surface area contributed by atoms with Crippen LogP contribution in [0.1, 0.15) is 17.4 Å². The van der Waals surface area contributed by atoms with Crippen LogP contribution >= 0.6 is 0 Å². The third-order valence-corrected chi connectivity index (χ3v) is 2.23. The molecule has 0 saturated heterocycles. The monoisotopic (exact) mass is 264 g/mol. The molecule has 1 aromatic rings. The van der Waals surface area contributed by atoms with Gasteiger partial charge in [-0.2, -0.15) is 5.26 Å². The summed E-state index contributed by atoms with van der Waals surface area (Å²) in [6.07, 6.45) is -1.90. The number of aromatic nitrogens is 1. The van der Waals surface area contributed by atoms with E-state index in [1.807, 2.05) is 0 Å². The molecule has 1 rings (SSSR count). The number of hydrogen-bond acceptors (Lipinski definition) is 7. The van der Waals surface area contributed by atoms with E-state index in [-0.39, 0.29) is 5.56 Å². The third-order valence-electron chi connectivity index (χ3n) is 2.23. The first-order chi connectivity index (χ1) is 9.01. The summed E-state index contributed by atoms with van der Waals surface area (Å²) in [5.74, 6) is 0. The van der Waals surface area contributed by atoms with Gasteiger partial charge in [-0.1, -0.05) is 5.11 Å². The molecule has 2 unspecified atom stereocenters.